The van der Waals surface area contributed by atoms with E-state index in [1.54, 1.807) is 0 Å². The SMILES string of the molecule is NC1COCC1C(=O)N1CCN(C2CC2)CC1. The first-order valence-corrected chi connectivity index (χ1v) is 6.62. The summed E-state index contributed by atoms with van der Waals surface area (Å²) in [6, 6.07) is 0.702. The molecule has 5 nitrogen and oxygen atoms in total. The Morgan fingerprint density at radius 2 is 1.82 bits per heavy atom. The molecule has 0 radical (unpaired) electrons. The molecule has 0 aromatic rings. The fourth-order valence-corrected chi connectivity index (χ4v) is 2.81. The van der Waals surface area contributed by atoms with E-state index in [4.69, 9.17) is 10.5 Å². The molecule has 3 fully saturated rings. The molecule has 17 heavy (non-hydrogen) atoms. The van der Waals surface area contributed by atoms with Gasteiger partial charge in [0, 0.05) is 38.3 Å². The predicted octanol–water partition coefficient (Wildman–Crippen LogP) is -0.733. The number of carbonyl (C=O) groups excluding carboxylic acids is 1. The fraction of sp³-hybridized carbons (Fsp3) is 0.917. The van der Waals surface area contributed by atoms with Crippen LogP contribution in [0.1, 0.15) is 12.8 Å². The first-order chi connectivity index (χ1) is 8.25. The van der Waals surface area contributed by atoms with Crippen molar-refractivity contribution < 1.29 is 9.53 Å². The van der Waals surface area contributed by atoms with E-state index >= 15 is 0 Å². The Bertz CT molecular complexity index is 298. The van der Waals surface area contributed by atoms with E-state index in [2.05, 4.69) is 4.90 Å². The number of amides is 1. The van der Waals surface area contributed by atoms with Gasteiger partial charge in [0.15, 0.2) is 0 Å². The van der Waals surface area contributed by atoms with E-state index in [-0.39, 0.29) is 17.9 Å². The van der Waals surface area contributed by atoms with Gasteiger partial charge >= 0.3 is 0 Å². The minimum absolute atomic E-state index is 0.107. The maximum Gasteiger partial charge on any atom is 0.229 e. The van der Waals surface area contributed by atoms with Gasteiger partial charge < -0.3 is 15.4 Å². The number of carbonyl (C=O) groups is 1. The Labute approximate surface area is 102 Å². The lowest BCUT2D eigenvalue weighted by atomic mass is 10.0. The molecular formula is C12H21N3O2. The highest BCUT2D eigenvalue weighted by atomic mass is 16.5. The molecule has 1 amide bonds. The Hall–Kier alpha value is -0.650. The van der Waals surface area contributed by atoms with E-state index < -0.39 is 0 Å². The van der Waals surface area contributed by atoms with E-state index in [0.717, 1.165) is 32.2 Å². The summed E-state index contributed by atoms with van der Waals surface area (Å²) in [5.41, 5.74) is 5.89. The second-order valence-corrected chi connectivity index (χ2v) is 5.40. The van der Waals surface area contributed by atoms with Crippen LogP contribution in [0.15, 0.2) is 0 Å². The molecule has 0 aromatic heterocycles. The van der Waals surface area contributed by atoms with Crippen LogP contribution in [-0.4, -0.2) is 67.2 Å². The Kier molecular flexibility index (Phi) is 3.06. The first-order valence-electron chi connectivity index (χ1n) is 6.62. The van der Waals surface area contributed by atoms with Crippen LogP contribution in [0.4, 0.5) is 0 Å². The number of hydrogen-bond acceptors (Lipinski definition) is 4. The Balaban J connectivity index is 1.53. The zero-order chi connectivity index (χ0) is 11.8. The largest absolute Gasteiger partial charge is 0.379 e. The van der Waals surface area contributed by atoms with Crippen LogP contribution in [0.3, 0.4) is 0 Å². The van der Waals surface area contributed by atoms with E-state index in [0.29, 0.717) is 13.2 Å². The quantitative estimate of drug-likeness (QED) is 0.690. The van der Waals surface area contributed by atoms with Crippen LogP contribution in [0.5, 0.6) is 0 Å². The minimum atomic E-state index is -0.109. The molecule has 0 bridgehead atoms. The van der Waals surface area contributed by atoms with Crippen molar-refractivity contribution in [3.63, 3.8) is 0 Å². The molecule has 5 heteroatoms. The van der Waals surface area contributed by atoms with E-state index in [1.807, 2.05) is 4.90 Å². The number of nitrogens with zero attached hydrogens (tertiary/aromatic N) is 2. The lowest BCUT2D eigenvalue weighted by Gasteiger charge is -2.36. The van der Waals surface area contributed by atoms with Gasteiger partial charge in [0.25, 0.3) is 0 Å². The summed E-state index contributed by atoms with van der Waals surface area (Å²) in [4.78, 5) is 16.7. The number of rotatable bonds is 2. The molecule has 2 unspecified atom stereocenters. The highest BCUT2D eigenvalue weighted by Gasteiger charge is 2.37. The molecule has 3 aliphatic rings. The molecule has 3 rings (SSSR count). The van der Waals surface area contributed by atoms with Gasteiger partial charge in [0.2, 0.25) is 5.91 Å². The summed E-state index contributed by atoms with van der Waals surface area (Å²) in [5, 5.41) is 0. The third-order valence-corrected chi connectivity index (χ3v) is 4.13. The average molecular weight is 239 g/mol. The van der Waals surface area contributed by atoms with Crippen LogP contribution >= 0.6 is 0 Å². The van der Waals surface area contributed by atoms with Gasteiger partial charge in [0.1, 0.15) is 0 Å². The minimum Gasteiger partial charge on any atom is -0.379 e. The summed E-state index contributed by atoms with van der Waals surface area (Å²) in [6.07, 6.45) is 2.69. The van der Waals surface area contributed by atoms with E-state index in [1.165, 1.54) is 12.8 Å². The monoisotopic (exact) mass is 239 g/mol. The number of hydrogen-bond donors (Lipinski definition) is 1. The molecule has 2 N–H and O–H groups in total. The summed E-state index contributed by atoms with van der Waals surface area (Å²) >= 11 is 0. The average Bonchev–Trinajstić information content (AvgIpc) is 3.12. The molecule has 1 saturated carbocycles. The third-order valence-electron chi connectivity index (χ3n) is 4.13. The lowest BCUT2D eigenvalue weighted by molar-refractivity contribution is -0.137. The fourth-order valence-electron chi connectivity index (χ4n) is 2.81. The predicted molar refractivity (Wildman–Crippen MR) is 63.5 cm³/mol. The molecular weight excluding hydrogens is 218 g/mol. The van der Waals surface area contributed by atoms with Crippen molar-refractivity contribution in [3.05, 3.63) is 0 Å². The molecule has 2 saturated heterocycles. The Morgan fingerprint density at radius 3 is 2.35 bits per heavy atom. The van der Waals surface area contributed by atoms with Crippen LogP contribution in [0, 0.1) is 5.92 Å². The van der Waals surface area contributed by atoms with Crippen LogP contribution in [0.2, 0.25) is 0 Å². The highest BCUT2D eigenvalue weighted by molar-refractivity contribution is 5.80. The zero-order valence-corrected chi connectivity index (χ0v) is 10.2. The van der Waals surface area contributed by atoms with Crippen molar-refractivity contribution in [3.8, 4) is 0 Å². The number of piperazine rings is 1. The van der Waals surface area contributed by atoms with Crippen LogP contribution in [0.25, 0.3) is 0 Å². The van der Waals surface area contributed by atoms with Crippen LogP contribution in [-0.2, 0) is 9.53 Å². The molecule has 0 aromatic carbocycles. The standard InChI is InChI=1S/C12H21N3O2/c13-11-8-17-7-10(11)12(16)15-5-3-14(4-6-15)9-1-2-9/h9-11H,1-8,13H2. The molecule has 2 atom stereocenters. The topological polar surface area (TPSA) is 58.8 Å². The maximum absolute atomic E-state index is 12.3. The summed E-state index contributed by atoms with van der Waals surface area (Å²) in [7, 11) is 0. The number of nitrogens with two attached hydrogens (primary N) is 1. The van der Waals surface area contributed by atoms with Gasteiger partial charge in [-0.3, -0.25) is 9.69 Å². The van der Waals surface area contributed by atoms with Gasteiger partial charge in [-0.25, -0.2) is 0 Å². The smallest absolute Gasteiger partial charge is 0.229 e. The molecule has 1 aliphatic carbocycles. The molecule has 2 aliphatic heterocycles. The van der Waals surface area contributed by atoms with Crippen molar-refractivity contribution in [2.45, 2.75) is 24.9 Å². The maximum atomic E-state index is 12.3. The number of ether oxygens (including phenoxy) is 1. The highest BCUT2D eigenvalue weighted by Crippen LogP contribution is 2.27. The zero-order valence-electron chi connectivity index (χ0n) is 10.2. The summed E-state index contributed by atoms with van der Waals surface area (Å²) in [5.74, 6) is 0.0907. The van der Waals surface area contributed by atoms with Gasteiger partial charge in [-0.05, 0) is 12.8 Å². The first kappa shape index (κ1) is 11.4. The van der Waals surface area contributed by atoms with Crippen molar-refractivity contribution in [1.82, 2.24) is 9.80 Å². The normalized spacial score (nSPS) is 35.2. The van der Waals surface area contributed by atoms with Crippen molar-refractivity contribution in [2.24, 2.45) is 11.7 Å². The van der Waals surface area contributed by atoms with Gasteiger partial charge in [0.05, 0.1) is 19.1 Å². The van der Waals surface area contributed by atoms with Gasteiger partial charge in [-0.15, -0.1) is 0 Å². The molecule has 0 spiro atoms. The van der Waals surface area contributed by atoms with Gasteiger partial charge in [-0.1, -0.05) is 0 Å². The van der Waals surface area contributed by atoms with Crippen molar-refractivity contribution in [1.29, 1.82) is 0 Å². The van der Waals surface area contributed by atoms with E-state index in [9.17, 15) is 4.79 Å². The van der Waals surface area contributed by atoms with Crippen molar-refractivity contribution in [2.75, 3.05) is 39.4 Å². The summed E-state index contributed by atoms with van der Waals surface area (Å²) in [6.45, 7) is 4.80. The summed E-state index contributed by atoms with van der Waals surface area (Å²) < 4.78 is 5.27. The molecule has 2 heterocycles. The Morgan fingerprint density at radius 1 is 1.12 bits per heavy atom. The second-order valence-electron chi connectivity index (χ2n) is 5.40. The third kappa shape index (κ3) is 2.32. The van der Waals surface area contributed by atoms with Crippen molar-refractivity contribution >= 4 is 5.91 Å². The van der Waals surface area contributed by atoms with Gasteiger partial charge in [-0.2, -0.15) is 0 Å². The second kappa shape index (κ2) is 4.55. The van der Waals surface area contributed by atoms with Crippen LogP contribution < -0.4 is 5.73 Å². The lowest BCUT2D eigenvalue weighted by Crippen LogP contribution is -2.52. The molecule has 96 valence electrons.